The van der Waals surface area contributed by atoms with E-state index in [1.165, 1.54) is 12.0 Å². The first kappa shape index (κ1) is 23.4. The van der Waals surface area contributed by atoms with E-state index in [0.717, 1.165) is 11.1 Å². The van der Waals surface area contributed by atoms with Crippen molar-refractivity contribution in [2.75, 3.05) is 13.7 Å². The molecule has 1 aliphatic rings. The van der Waals surface area contributed by atoms with Crippen molar-refractivity contribution in [2.45, 2.75) is 53.2 Å². The van der Waals surface area contributed by atoms with Crippen LogP contribution in [0.2, 0.25) is 0 Å². The minimum absolute atomic E-state index is 0.0477. The number of likely N-dealkylation sites (tertiary alicyclic amines) is 1. The standard InChI is InChI=1S/C26H31NO5/c1-7-12-27-22(18-10-8-9-11-20(18)32-15(2)3)21(24(29)26(27)30)23(28)19-14-16(4)13-17(5)25(19)31-6/h8-11,13-15,22,28H,7,12H2,1-6H3/b23-21+. The van der Waals surface area contributed by atoms with Gasteiger partial charge in [0.15, 0.2) is 0 Å². The molecule has 1 atom stereocenters. The number of carbonyl (C=O) groups excluding carboxylic acids is 2. The molecule has 0 radical (unpaired) electrons. The molecule has 1 fully saturated rings. The first-order valence-electron chi connectivity index (χ1n) is 10.9. The number of rotatable bonds is 7. The van der Waals surface area contributed by atoms with Gasteiger partial charge in [-0.05, 0) is 57.4 Å². The summed E-state index contributed by atoms with van der Waals surface area (Å²) < 4.78 is 11.5. The van der Waals surface area contributed by atoms with Crippen molar-refractivity contribution < 1.29 is 24.2 Å². The Hall–Kier alpha value is -3.28. The summed E-state index contributed by atoms with van der Waals surface area (Å²) in [6, 6.07) is 10.3. The van der Waals surface area contributed by atoms with Gasteiger partial charge >= 0.3 is 0 Å². The van der Waals surface area contributed by atoms with Crippen LogP contribution in [0, 0.1) is 13.8 Å². The zero-order valence-corrected chi connectivity index (χ0v) is 19.6. The highest BCUT2D eigenvalue weighted by molar-refractivity contribution is 6.46. The van der Waals surface area contributed by atoms with E-state index in [-0.39, 0.29) is 17.4 Å². The zero-order chi connectivity index (χ0) is 23.6. The zero-order valence-electron chi connectivity index (χ0n) is 19.6. The van der Waals surface area contributed by atoms with Gasteiger partial charge in [0.25, 0.3) is 11.7 Å². The number of methoxy groups -OCH3 is 1. The Morgan fingerprint density at radius 1 is 1.16 bits per heavy atom. The highest BCUT2D eigenvalue weighted by atomic mass is 16.5. The van der Waals surface area contributed by atoms with Crippen molar-refractivity contribution in [2.24, 2.45) is 0 Å². The summed E-state index contributed by atoms with van der Waals surface area (Å²) in [6.45, 7) is 9.94. The molecule has 1 N–H and O–H groups in total. The van der Waals surface area contributed by atoms with Gasteiger partial charge in [0.1, 0.15) is 17.3 Å². The average Bonchev–Trinajstić information content (AvgIpc) is 2.98. The van der Waals surface area contributed by atoms with Crippen LogP contribution < -0.4 is 9.47 Å². The molecule has 1 saturated heterocycles. The lowest BCUT2D eigenvalue weighted by Gasteiger charge is -2.27. The Morgan fingerprint density at radius 2 is 1.84 bits per heavy atom. The highest BCUT2D eigenvalue weighted by Gasteiger charge is 2.47. The fourth-order valence-electron chi connectivity index (χ4n) is 4.29. The predicted molar refractivity (Wildman–Crippen MR) is 124 cm³/mol. The Labute approximate surface area is 189 Å². The van der Waals surface area contributed by atoms with Gasteiger partial charge in [-0.3, -0.25) is 9.59 Å². The maximum atomic E-state index is 13.2. The molecule has 2 aromatic rings. The van der Waals surface area contributed by atoms with E-state index in [0.29, 0.717) is 35.6 Å². The van der Waals surface area contributed by atoms with Gasteiger partial charge in [0.05, 0.1) is 30.4 Å². The first-order chi connectivity index (χ1) is 15.2. The number of nitrogens with zero attached hydrogens (tertiary/aromatic N) is 1. The number of aryl methyl sites for hydroxylation is 2. The van der Waals surface area contributed by atoms with E-state index in [1.807, 2.05) is 65.0 Å². The number of carbonyl (C=O) groups is 2. The number of Topliss-reactive ketones (excluding diaryl/α,β-unsaturated/α-hetero) is 1. The average molecular weight is 438 g/mol. The van der Waals surface area contributed by atoms with E-state index < -0.39 is 17.7 Å². The number of aliphatic hydroxyl groups is 1. The van der Waals surface area contributed by atoms with Crippen molar-refractivity contribution in [3.8, 4) is 11.5 Å². The third kappa shape index (κ3) is 4.22. The number of para-hydroxylation sites is 1. The van der Waals surface area contributed by atoms with Crippen LogP contribution in [0.25, 0.3) is 5.76 Å². The molecule has 6 heteroatoms. The lowest BCUT2D eigenvalue weighted by molar-refractivity contribution is -0.139. The minimum Gasteiger partial charge on any atom is -0.507 e. The maximum absolute atomic E-state index is 13.2. The Bertz CT molecular complexity index is 1070. The van der Waals surface area contributed by atoms with E-state index in [4.69, 9.17) is 9.47 Å². The van der Waals surface area contributed by atoms with Gasteiger partial charge in [-0.2, -0.15) is 0 Å². The number of aliphatic hydroxyl groups excluding tert-OH is 1. The molecule has 0 aromatic heterocycles. The van der Waals surface area contributed by atoms with Crippen LogP contribution in [0.4, 0.5) is 0 Å². The fraction of sp³-hybridized carbons (Fsp3) is 0.385. The molecule has 3 rings (SSSR count). The molecule has 1 unspecified atom stereocenters. The molecular formula is C26H31NO5. The van der Waals surface area contributed by atoms with Crippen molar-refractivity contribution in [1.29, 1.82) is 0 Å². The Kier molecular flexibility index (Phi) is 6.92. The Balaban J connectivity index is 2.31. The second-order valence-corrected chi connectivity index (χ2v) is 8.36. The third-order valence-corrected chi connectivity index (χ3v) is 5.46. The smallest absolute Gasteiger partial charge is 0.295 e. The molecule has 1 heterocycles. The quantitative estimate of drug-likeness (QED) is 0.378. The topological polar surface area (TPSA) is 76.1 Å². The number of ketones is 1. The van der Waals surface area contributed by atoms with E-state index >= 15 is 0 Å². The van der Waals surface area contributed by atoms with Crippen LogP contribution in [-0.4, -0.2) is 41.5 Å². The molecule has 0 saturated carbocycles. The summed E-state index contributed by atoms with van der Waals surface area (Å²) in [5, 5.41) is 11.4. The summed E-state index contributed by atoms with van der Waals surface area (Å²) >= 11 is 0. The molecule has 32 heavy (non-hydrogen) atoms. The second-order valence-electron chi connectivity index (χ2n) is 8.36. The summed E-state index contributed by atoms with van der Waals surface area (Å²) in [5.74, 6) is -0.522. The van der Waals surface area contributed by atoms with Crippen molar-refractivity contribution in [1.82, 2.24) is 4.90 Å². The summed E-state index contributed by atoms with van der Waals surface area (Å²) in [6.07, 6.45) is 0.577. The molecule has 6 nitrogen and oxygen atoms in total. The predicted octanol–water partition coefficient (Wildman–Crippen LogP) is 4.93. The Morgan fingerprint density at radius 3 is 2.47 bits per heavy atom. The first-order valence-corrected chi connectivity index (χ1v) is 10.9. The summed E-state index contributed by atoms with van der Waals surface area (Å²) in [4.78, 5) is 27.7. The van der Waals surface area contributed by atoms with Crippen LogP contribution >= 0.6 is 0 Å². The van der Waals surface area contributed by atoms with Crippen molar-refractivity contribution >= 4 is 17.4 Å². The van der Waals surface area contributed by atoms with E-state index in [2.05, 4.69) is 0 Å². The normalized spacial score (nSPS) is 17.8. The van der Waals surface area contributed by atoms with E-state index in [9.17, 15) is 14.7 Å². The van der Waals surface area contributed by atoms with Crippen LogP contribution in [-0.2, 0) is 9.59 Å². The van der Waals surface area contributed by atoms with Crippen LogP contribution in [0.1, 0.15) is 55.5 Å². The largest absolute Gasteiger partial charge is 0.507 e. The molecule has 170 valence electrons. The number of amides is 1. The monoisotopic (exact) mass is 437 g/mol. The molecule has 1 amide bonds. The molecule has 1 aliphatic heterocycles. The SMILES string of the molecule is CCCN1C(=O)C(=O)/C(=C(/O)c2cc(C)cc(C)c2OC)C1c1ccccc1OC(C)C. The van der Waals surface area contributed by atoms with E-state index in [1.54, 1.807) is 6.07 Å². The molecular weight excluding hydrogens is 406 g/mol. The molecule has 2 aromatic carbocycles. The van der Waals surface area contributed by atoms with Gasteiger partial charge in [-0.1, -0.05) is 31.2 Å². The lowest BCUT2D eigenvalue weighted by Crippen LogP contribution is -2.30. The fourth-order valence-corrected chi connectivity index (χ4v) is 4.29. The van der Waals surface area contributed by atoms with Gasteiger partial charge in [0.2, 0.25) is 0 Å². The van der Waals surface area contributed by atoms with Gasteiger partial charge in [-0.25, -0.2) is 0 Å². The minimum atomic E-state index is -0.754. The molecule has 0 bridgehead atoms. The van der Waals surface area contributed by atoms with Crippen molar-refractivity contribution in [3.63, 3.8) is 0 Å². The molecule has 0 spiro atoms. The lowest BCUT2D eigenvalue weighted by atomic mass is 9.93. The molecule has 0 aliphatic carbocycles. The number of ether oxygens (including phenoxy) is 2. The summed E-state index contributed by atoms with van der Waals surface area (Å²) in [7, 11) is 1.52. The second kappa shape index (κ2) is 9.47. The van der Waals surface area contributed by atoms with Gasteiger partial charge in [0, 0.05) is 12.1 Å². The summed E-state index contributed by atoms with van der Waals surface area (Å²) in [5.41, 5.74) is 2.85. The van der Waals surface area contributed by atoms with Gasteiger partial charge < -0.3 is 19.5 Å². The van der Waals surface area contributed by atoms with Gasteiger partial charge in [-0.15, -0.1) is 0 Å². The highest BCUT2D eigenvalue weighted by Crippen LogP contribution is 2.44. The number of hydrogen-bond acceptors (Lipinski definition) is 5. The number of benzene rings is 2. The third-order valence-electron chi connectivity index (χ3n) is 5.46. The van der Waals surface area contributed by atoms with Crippen LogP contribution in [0.3, 0.4) is 0 Å². The van der Waals surface area contributed by atoms with Crippen LogP contribution in [0.15, 0.2) is 42.0 Å². The van der Waals surface area contributed by atoms with Crippen molar-refractivity contribution in [3.05, 3.63) is 64.2 Å². The van der Waals surface area contributed by atoms with Crippen LogP contribution in [0.5, 0.6) is 11.5 Å². The number of hydrogen-bond donors (Lipinski definition) is 1. The maximum Gasteiger partial charge on any atom is 0.295 e.